The molecule has 0 unspecified atom stereocenters. The van der Waals surface area contributed by atoms with Crippen molar-refractivity contribution in [1.29, 1.82) is 0 Å². The third-order valence-corrected chi connectivity index (χ3v) is 4.08. The largest absolute Gasteiger partial charge is 0.508 e. The number of carboxylic acids is 1. The molecule has 7 heteroatoms. The molecule has 0 fully saturated rings. The number of nitrogens with one attached hydrogen (secondary N) is 1. The smallest absolute Gasteiger partial charge is 0.339 e. The van der Waals surface area contributed by atoms with Gasteiger partial charge in [0.25, 0.3) is 0 Å². The number of phenolic OH excluding ortho intramolecular Hbond substituents is 1. The van der Waals surface area contributed by atoms with Crippen LogP contribution in [0, 0.1) is 6.92 Å². The first-order valence-corrected chi connectivity index (χ1v) is 8.11. The van der Waals surface area contributed by atoms with Crippen LogP contribution in [0.3, 0.4) is 0 Å². The average Bonchev–Trinajstić information content (AvgIpc) is 2.53. The van der Waals surface area contributed by atoms with Crippen molar-refractivity contribution >= 4 is 22.8 Å². The summed E-state index contributed by atoms with van der Waals surface area (Å²) in [5.41, 5.74) is 0.773. The Bertz CT molecular complexity index is 855. The van der Waals surface area contributed by atoms with E-state index in [2.05, 4.69) is 5.32 Å². The third-order valence-electron chi connectivity index (χ3n) is 4.08. The van der Waals surface area contributed by atoms with E-state index in [4.69, 9.17) is 9.52 Å². The van der Waals surface area contributed by atoms with Crippen molar-refractivity contribution in [1.82, 2.24) is 5.32 Å². The molecule has 0 bridgehead atoms. The van der Waals surface area contributed by atoms with Crippen molar-refractivity contribution in [3.05, 3.63) is 39.7 Å². The van der Waals surface area contributed by atoms with Gasteiger partial charge in [0.15, 0.2) is 0 Å². The summed E-state index contributed by atoms with van der Waals surface area (Å²) in [5, 5.41) is 21.7. The molecule has 2 aromatic rings. The first-order valence-electron chi connectivity index (χ1n) is 8.11. The molecular formula is C18H21NO6. The van der Waals surface area contributed by atoms with Gasteiger partial charge in [-0.15, -0.1) is 0 Å². The normalized spacial score (nSPS) is 12.1. The van der Waals surface area contributed by atoms with Gasteiger partial charge < -0.3 is 19.9 Å². The number of carboxylic acid groups (broad SMARTS) is 1. The van der Waals surface area contributed by atoms with Gasteiger partial charge in [-0.3, -0.25) is 4.79 Å². The molecule has 0 saturated carbocycles. The molecule has 134 valence electrons. The Hall–Kier alpha value is -2.83. The zero-order valence-corrected chi connectivity index (χ0v) is 14.2. The molecule has 1 aromatic carbocycles. The van der Waals surface area contributed by atoms with E-state index in [1.54, 1.807) is 13.0 Å². The molecule has 0 saturated heterocycles. The lowest BCUT2D eigenvalue weighted by molar-refractivity contribution is -0.142. The predicted octanol–water partition coefficient (Wildman–Crippen LogP) is 2.11. The number of fused-ring (bicyclic) bond motifs is 1. The lowest BCUT2D eigenvalue weighted by Crippen LogP contribution is -2.40. The first kappa shape index (κ1) is 18.5. The fraction of sp³-hybridized carbons (Fsp3) is 0.389. The highest BCUT2D eigenvalue weighted by Gasteiger charge is 2.19. The summed E-state index contributed by atoms with van der Waals surface area (Å²) in [6.45, 7) is 3.59. The highest BCUT2D eigenvalue weighted by molar-refractivity contribution is 5.84. The fourth-order valence-corrected chi connectivity index (χ4v) is 2.72. The number of amides is 1. The summed E-state index contributed by atoms with van der Waals surface area (Å²) < 4.78 is 5.20. The molecule has 25 heavy (non-hydrogen) atoms. The molecule has 0 aliphatic rings. The molecule has 1 amide bonds. The Labute approximate surface area is 144 Å². The summed E-state index contributed by atoms with van der Waals surface area (Å²) >= 11 is 0. The van der Waals surface area contributed by atoms with Crippen LogP contribution in [-0.4, -0.2) is 28.1 Å². The number of carbonyl (C=O) groups excluding carboxylic acids is 1. The van der Waals surface area contributed by atoms with Crippen LogP contribution < -0.4 is 10.9 Å². The van der Waals surface area contributed by atoms with Gasteiger partial charge in [0.2, 0.25) is 5.91 Å². The van der Waals surface area contributed by atoms with Crippen LogP contribution >= 0.6 is 0 Å². The van der Waals surface area contributed by atoms with Crippen LogP contribution in [0.4, 0.5) is 0 Å². The summed E-state index contributed by atoms with van der Waals surface area (Å²) in [6.07, 6.45) is 1.12. The van der Waals surface area contributed by atoms with Gasteiger partial charge in [-0.05, 0) is 37.5 Å². The Morgan fingerprint density at radius 2 is 2.04 bits per heavy atom. The van der Waals surface area contributed by atoms with Gasteiger partial charge in [0.05, 0.1) is 0 Å². The van der Waals surface area contributed by atoms with Gasteiger partial charge in [-0.1, -0.05) is 13.3 Å². The van der Waals surface area contributed by atoms with Crippen LogP contribution in [-0.2, 0) is 16.0 Å². The summed E-state index contributed by atoms with van der Waals surface area (Å²) in [5.74, 6) is -1.50. The van der Waals surface area contributed by atoms with E-state index in [1.165, 1.54) is 12.1 Å². The monoisotopic (exact) mass is 347 g/mol. The van der Waals surface area contributed by atoms with Crippen LogP contribution in [0.15, 0.2) is 27.4 Å². The third kappa shape index (κ3) is 4.37. The number of aliphatic carboxylic acids is 1. The summed E-state index contributed by atoms with van der Waals surface area (Å²) in [6, 6.07) is 3.58. The van der Waals surface area contributed by atoms with Crippen molar-refractivity contribution in [2.24, 2.45) is 0 Å². The molecule has 0 aliphatic heterocycles. The second-order valence-electron chi connectivity index (χ2n) is 5.92. The van der Waals surface area contributed by atoms with E-state index in [9.17, 15) is 19.5 Å². The van der Waals surface area contributed by atoms with Crippen LogP contribution in [0.25, 0.3) is 11.0 Å². The van der Waals surface area contributed by atoms with Crippen molar-refractivity contribution in [2.45, 2.75) is 45.6 Å². The SMILES string of the molecule is CCC[C@H](NC(=O)CCc1c(C)c2ccc(O)cc2oc1=O)C(=O)O. The maximum absolute atomic E-state index is 12.1. The zero-order chi connectivity index (χ0) is 18.6. The second kappa shape index (κ2) is 7.83. The van der Waals surface area contributed by atoms with Gasteiger partial charge in [-0.25, -0.2) is 9.59 Å². The van der Waals surface area contributed by atoms with Gasteiger partial charge in [0.1, 0.15) is 17.4 Å². The summed E-state index contributed by atoms with van der Waals surface area (Å²) in [7, 11) is 0. The van der Waals surface area contributed by atoms with E-state index in [0.29, 0.717) is 29.4 Å². The number of phenols is 1. The molecule has 3 N–H and O–H groups in total. The predicted molar refractivity (Wildman–Crippen MR) is 91.7 cm³/mol. The lowest BCUT2D eigenvalue weighted by atomic mass is 10.0. The maximum Gasteiger partial charge on any atom is 0.339 e. The minimum atomic E-state index is -1.07. The molecule has 1 atom stereocenters. The van der Waals surface area contributed by atoms with Crippen LogP contribution in [0.5, 0.6) is 5.75 Å². The van der Waals surface area contributed by atoms with Crippen molar-refractivity contribution in [2.75, 3.05) is 0 Å². The first-order chi connectivity index (χ1) is 11.8. The van der Waals surface area contributed by atoms with E-state index in [0.717, 1.165) is 0 Å². The highest BCUT2D eigenvalue weighted by atomic mass is 16.4. The Kier molecular flexibility index (Phi) is 5.80. The number of rotatable bonds is 7. The lowest BCUT2D eigenvalue weighted by Gasteiger charge is -2.13. The van der Waals surface area contributed by atoms with Gasteiger partial charge >= 0.3 is 11.6 Å². The molecule has 0 spiro atoms. The second-order valence-corrected chi connectivity index (χ2v) is 5.92. The van der Waals surface area contributed by atoms with E-state index < -0.39 is 23.5 Å². The molecule has 2 rings (SSSR count). The Morgan fingerprint density at radius 1 is 1.32 bits per heavy atom. The number of hydrogen-bond acceptors (Lipinski definition) is 5. The van der Waals surface area contributed by atoms with Gasteiger partial charge in [0, 0.05) is 23.4 Å². The topological polar surface area (TPSA) is 117 Å². The van der Waals surface area contributed by atoms with E-state index in [1.807, 2.05) is 6.92 Å². The van der Waals surface area contributed by atoms with Crippen LogP contribution in [0.1, 0.15) is 37.3 Å². The molecule has 0 radical (unpaired) electrons. The Balaban J connectivity index is 2.15. The van der Waals surface area contributed by atoms with E-state index >= 15 is 0 Å². The van der Waals surface area contributed by atoms with Crippen molar-refractivity contribution < 1.29 is 24.2 Å². The summed E-state index contributed by atoms with van der Waals surface area (Å²) in [4.78, 5) is 35.2. The molecule has 1 aromatic heterocycles. The average molecular weight is 347 g/mol. The van der Waals surface area contributed by atoms with Crippen molar-refractivity contribution in [3.8, 4) is 5.75 Å². The minimum absolute atomic E-state index is 0.00202. The number of aryl methyl sites for hydroxylation is 1. The molecule has 1 heterocycles. The fourth-order valence-electron chi connectivity index (χ4n) is 2.72. The Morgan fingerprint density at radius 3 is 2.68 bits per heavy atom. The van der Waals surface area contributed by atoms with Crippen molar-refractivity contribution in [3.63, 3.8) is 0 Å². The molecule has 7 nitrogen and oxygen atoms in total. The number of carbonyl (C=O) groups is 2. The van der Waals surface area contributed by atoms with Gasteiger partial charge in [-0.2, -0.15) is 0 Å². The quantitative estimate of drug-likeness (QED) is 0.661. The number of hydrogen-bond donors (Lipinski definition) is 3. The maximum atomic E-state index is 12.1. The molecular weight excluding hydrogens is 326 g/mol. The minimum Gasteiger partial charge on any atom is -0.508 e. The number of aromatic hydroxyl groups is 1. The highest BCUT2D eigenvalue weighted by Crippen LogP contribution is 2.23. The zero-order valence-electron chi connectivity index (χ0n) is 14.2. The van der Waals surface area contributed by atoms with E-state index in [-0.39, 0.29) is 24.2 Å². The standard InChI is InChI=1S/C18H21NO6/c1-3-4-14(17(22)23)19-16(21)8-7-13-10(2)12-6-5-11(20)9-15(12)25-18(13)24/h5-6,9,14,20H,3-4,7-8H2,1-2H3,(H,19,21)(H,22,23)/t14-/m0/s1. The van der Waals surface area contributed by atoms with Crippen LogP contribution in [0.2, 0.25) is 0 Å². The number of benzene rings is 1. The molecule has 0 aliphatic carbocycles.